The zero-order chi connectivity index (χ0) is 19.3. The summed E-state index contributed by atoms with van der Waals surface area (Å²) in [6.07, 6.45) is 5.85. The van der Waals surface area contributed by atoms with Gasteiger partial charge < -0.3 is 4.74 Å². The molecule has 0 saturated carbocycles. The first-order valence-electron chi connectivity index (χ1n) is 9.46. The predicted molar refractivity (Wildman–Crippen MR) is 109 cm³/mol. The summed E-state index contributed by atoms with van der Waals surface area (Å²) in [5, 5.41) is 5.14. The van der Waals surface area contributed by atoms with Gasteiger partial charge in [-0.2, -0.15) is 5.10 Å². The molecular formula is C19H21N5O2S2. The highest BCUT2D eigenvalue weighted by Gasteiger charge is 2.31. The van der Waals surface area contributed by atoms with Crippen LogP contribution >= 0.6 is 22.7 Å². The Balaban J connectivity index is 1.53. The average molecular weight is 416 g/mol. The lowest BCUT2D eigenvalue weighted by molar-refractivity contribution is 0.0920. The molecule has 1 aliphatic carbocycles. The molecule has 5 rings (SSSR count). The number of aromatic nitrogens is 4. The second-order valence-electron chi connectivity index (χ2n) is 7.21. The van der Waals surface area contributed by atoms with Gasteiger partial charge in [0.1, 0.15) is 4.88 Å². The minimum Gasteiger partial charge on any atom is -0.376 e. The smallest absolute Gasteiger partial charge is 0.272 e. The lowest BCUT2D eigenvalue weighted by atomic mass is 10.0. The summed E-state index contributed by atoms with van der Waals surface area (Å²) < 4.78 is 7.75. The van der Waals surface area contributed by atoms with Crippen LogP contribution in [-0.4, -0.2) is 44.9 Å². The van der Waals surface area contributed by atoms with Gasteiger partial charge in [0.2, 0.25) is 0 Å². The van der Waals surface area contributed by atoms with Gasteiger partial charge in [-0.25, -0.2) is 9.97 Å². The van der Waals surface area contributed by atoms with Crippen molar-refractivity contribution in [2.24, 2.45) is 7.05 Å². The third-order valence-electron chi connectivity index (χ3n) is 5.42. The van der Waals surface area contributed by atoms with Crippen LogP contribution in [-0.2, 0) is 24.6 Å². The molecule has 1 fully saturated rings. The van der Waals surface area contributed by atoms with E-state index in [9.17, 15) is 4.79 Å². The van der Waals surface area contributed by atoms with E-state index >= 15 is 0 Å². The standard InChI is InChI=1S/C19H21N5O2S2/c1-11-17(27-10-20-11)18(25)24(9-12-4-3-7-26-12)19-22-16-13-8-21-23(2)14(13)5-6-15(16)28-19/h8,10,12H,3-7,9H2,1-2H3. The number of thiazole rings is 2. The number of rotatable bonds is 4. The quantitative estimate of drug-likeness (QED) is 0.654. The van der Waals surface area contributed by atoms with Crippen molar-refractivity contribution in [1.29, 1.82) is 0 Å². The van der Waals surface area contributed by atoms with Gasteiger partial charge in [-0.1, -0.05) is 0 Å². The Morgan fingerprint density at radius 2 is 2.32 bits per heavy atom. The minimum absolute atomic E-state index is 0.0343. The van der Waals surface area contributed by atoms with Crippen LogP contribution in [0.2, 0.25) is 0 Å². The van der Waals surface area contributed by atoms with E-state index in [1.165, 1.54) is 21.9 Å². The van der Waals surface area contributed by atoms with Crippen LogP contribution in [0.1, 0.15) is 38.8 Å². The molecule has 2 aliphatic rings. The van der Waals surface area contributed by atoms with Crippen LogP contribution in [0.25, 0.3) is 11.3 Å². The molecule has 1 saturated heterocycles. The Bertz CT molecular complexity index is 1030. The second kappa shape index (κ2) is 7.06. The number of hydrogen-bond donors (Lipinski definition) is 0. The van der Waals surface area contributed by atoms with Gasteiger partial charge in [0.05, 0.1) is 35.7 Å². The molecule has 146 valence electrons. The summed E-state index contributed by atoms with van der Waals surface area (Å²) in [7, 11) is 1.97. The number of hydrogen-bond acceptors (Lipinski definition) is 7. The summed E-state index contributed by atoms with van der Waals surface area (Å²) in [4.78, 5) is 26.2. The minimum atomic E-state index is -0.0343. The van der Waals surface area contributed by atoms with E-state index in [4.69, 9.17) is 9.72 Å². The third-order valence-corrected chi connectivity index (χ3v) is 7.47. The summed E-state index contributed by atoms with van der Waals surface area (Å²) in [5.41, 5.74) is 5.76. The fourth-order valence-electron chi connectivity index (χ4n) is 3.89. The normalized spacial score (nSPS) is 18.1. The monoisotopic (exact) mass is 415 g/mol. The maximum absolute atomic E-state index is 13.4. The molecule has 3 aromatic rings. The molecule has 1 amide bonds. The Hall–Kier alpha value is -2.10. The SMILES string of the molecule is Cc1ncsc1C(=O)N(CC1CCCO1)c1nc2c(s1)CCc1c-2cnn1C. The first kappa shape index (κ1) is 18.0. The van der Waals surface area contributed by atoms with Gasteiger partial charge in [0.15, 0.2) is 5.13 Å². The summed E-state index contributed by atoms with van der Waals surface area (Å²) in [6.45, 7) is 3.17. The molecule has 1 atom stereocenters. The molecule has 7 nitrogen and oxygen atoms in total. The molecule has 0 bridgehead atoms. The second-order valence-corrected chi connectivity index (χ2v) is 9.13. The van der Waals surface area contributed by atoms with Crippen molar-refractivity contribution in [2.45, 2.75) is 38.7 Å². The molecule has 1 aliphatic heterocycles. The molecule has 0 radical (unpaired) electrons. The Labute approximate surface area is 171 Å². The molecule has 0 spiro atoms. The highest BCUT2D eigenvalue weighted by Crippen LogP contribution is 2.40. The van der Waals surface area contributed by atoms with Crippen LogP contribution in [0, 0.1) is 6.92 Å². The Morgan fingerprint density at radius 3 is 3.07 bits per heavy atom. The zero-order valence-electron chi connectivity index (χ0n) is 15.8. The molecule has 3 aromatic heterocycles. The van der Waals surface area contributed by atoms with Gasteiger partial charge in [0, 0.05) is 29.8 Å². The van der Waals surface area contributed by atoms with Gasteiger partial charge in [-0.05, 0) is 32.6 Å². The molecule has 0 aromatic carbocycles. The Kier molecular flexibility index (Phi) is 4.53. The summed E-state index contributed by atoms with van der Waals surface area (Å²) >= 11 is 3.00. The maximum atomic E-state index is 13.4. The number of fused-ring (bicyclic) bond motifs is 3. The predicted octanol–water partition coefficient (Wildman–Crippen LogP) is 3.23. The van der Waals surface area contributed by atoms with Crippen molar-refractivity contribution < 1.29 is 9.53 Å². The van der Waals surface area contributed by atoms with Crippen molar-refractivity contribution in [3.8, 4) is 11.3 Å². The molecule has 4 heterocycles. The number of amides is 1. The topological polar surface area (TPSA) is 73.1 Å². The fraction of sp³-hybridized carbons (Fsp3) is 0.474. The molecule has 1 unspecified atom stereocenters. The summed E-state index contributed by atoms with van der Waals surface area (Å²) in [5.74, 6) is -0.0343. The number of carbonyl (C=O) groups is 1. The lowest BCUT2D eigenvalue weighted by Gasteiger charge is -2.22. The highest BCUT2D eigenvalue weighted by atomic mass is 32.1. The van der Waals surface area contributed by atoms with Gasteiger partial charge >= 0.3 is 0 Å². The van der Waals surface area contributed by atoms with Crippen molar-refractivity contribution in [3.05, 3.63) is 32.8 Å². The number of carbonyl (C=O) groups excluding carboxylic acids is 1. The van der Waals surface area contributed by atoms with Crippen LogP contribution in [0.4, 0.5) is 5.13 Å². The van der Waals surface area contributed by atoms with Crippen molar-refractivity contribution in [2.75, 3.05) is 18.1 Å². The van der Waals surface area contributed by atoms with Crippen LogP contribution < -0.4 is 4.90 Å². The lowest BCUT2D eigenvalue weighted by Crippen LogP contribution is -2.37. The average Bonchev–Trinajstić information content (AvgIpc) is 3.46. The molecule has 0 N–H and O–H groups in total. The van der Waals surface area contributed by atoms with E-state index in [0.717, 1.165) is 54.4 Å². The van der Waals surface area contributed by atoms with E-state index in [0.29, 0.717) is 11.4 Å². The maximum Gasteiger partial charge on any atom is 0.272 e. The van der Waals surface area contributed by atoms with Crippen molar-refractivity contribution in [1.82, 2.24) is 19.7 Å². The van der Waals surface area contributed by atoms with Crippen LogP contribution in [0.15, 0.2) is 11.7 Å². The van der Waals surface area contributed by atoms with E-state index in [1.807, 2.05) is 24.9 Å². The van der Waals surface area contributed by atoms with E-state index in [-0.39, 0.29) is 12.0 Å². The molecular weight excluding hydrogens is 394 g/mol. The first-order valence-corrected chi connectivity index (χ1v) is 11.2. The highest BCUT2D eigenvalue weighted by molar-refractivity contribution is 7.16. The van der Waals surface area contributed by atoms with E-state index < -0.39 is 0 Å². The summed E-state index contributed by atoms with van der Waals surface area (Å²) in [6, 6.07) is 0. The number of aryl methyl sites for hydroxylation is 3. The third kappa shape index (κ3) is 2.98. The van der Waals surface area contributed by atoms with E-state index in [1.54, 1.807) is 21.7 Å². The largest absolute Gasteiger partial charge is 0.376 e. The van der Waals surface area contributed by atoms with Gasteiger partial charge in [-0.3, -0.25) is 14.4 Å². The van der Waals surface area contributed by atoms with E-state index in [2.05, 4.69) is 10.1 Å². The van der Waals surface area contributed by atoms with Crippen LogP contribution in [0.5, 0.6) is 0 Å². The fourth-order valence-corrected chi connectivity index (χ4v) is 5.73. The van der Waals surface area contributed by atoms with Crippen molar-refractivity contribution in [3.63, 3.8) is 0 Å². The van der Waals surface area contributed by atoms with Crippen LogP contribution in [0.3, 0.4) is 0 Å². The van der Waals surface area contributed by atoms with Gasteiger partial charge in [0.25, 0.3) is 5.91 Å². The number of ether oxygens (including phenoxy) is 1. The molecule has 28 heavy (non-hydrogen) atoms. The molecule has 9 heteroatoms. The van der Waals surface area contributed by atoms with Crippen molar-refractivity contribution >= 4 is 33.7 Å². The number of nitrogens with zero attached hydrogens (tertiary/aromatic N) is 5. The number of anilines is 1. The first-order chi connectivity index (χ1) is 13.6. The van der Waals surface area contributed by atoms with Gasteiger partial charge in [-0.15, -0.1) is 22.7 Å². The Morgan fingerprint density at radius 1 is 1.43 bits per heavy atom. The zero-order valence-corrected chi connectivity index (χ0v) is 17.5.